The summed E-state index contributed by atoms with van der Waals surface area (Å²) in [5, 5.41) is 10.4. The molecule has 1 heterocycles. The van der Waals surface area contributed by atoms with Crippen LogP contribution in [0.2, 0.25) is 0 Å². The lowest BCUT2D eigenvalue weighted by Crippen LogP contribution is -2.45. The predicted octanol–water partition coefficient (Wildman–Crippen LogP) is 0.484. The second-order valence-electron chi connectivity index (χ2n) is 2.94. The fourth-order valence-corrected chi connectivity index (χ4v) is 1.31. The van der Waals surface area contributed by atoms with Crippen molar-refractivity contribution in [1.29, 1.82) is 5.26 Å². The number of nitriles is 1. The zero-order valence-corrected chi connectivity index (χ0v) is 6.25. The summed E-state index contributed by atoms with van der Waals surface area (Å²) in [5.41, 5.74) is 0. The van der Waals surface area contributed by atoms with Crippen molar-refractivity contribution in [1.82, 2.24) is 5.01 Å². The van der Waals surface area contributed by atoms with Gasteiger partial charge in [-0.05, 0) is 19.8 Å². The summed E-state index contributed by atoms with van der Waals surface area (Å²) < 4.78 is 0. The van der Waals surface area contributed by atoms with Crippen LogP contribution in [0.15, 0.2) is 0 Å². The molecule has 0 aromatic rings. The average Bonchev–Trinajstić information content (AvgIpc) is 1.95. The van der Waals surface area contributed by atoms with Gasteiger partial charge in [-0.2, -0.15) is 5.26 Å². The highest BCUT2D eigenvalue weighted by molar-refractivity contribution is 4.89. The molecule has 0 amide bonds. The molecule has 1 aliphatic rings. The first-order valence-electron chi connectivity index (χ1n) is 3.65. The molecule has 0 saturated carbocycles. The Morgan fingerprint density at radius 2 is 2.40 bits per heavy atom. The topological polar surface area (TPSA) is 53.0 Å². The molecule has 56 valence electrons. The third-order valence-corrected chi connectivity index (χ3v) is 2.11. The van der Waals surface area contributed by atoms with Gasteiger partial charge in [-0.25, -0.2) is 5.01 Å². The first-order valence-corrected chi connectivity index (χ1v) is 3.65. The Kier molecular flexibility index (Phi) is 2.25. The Morgan fingerprint density at radius 3 is 2.90 bits per heavy atom. The Bertz CT molecular complexity index is 149. The minimum Gasteiger partial charge on any atom is -0.269 e. The van der Waals surface area contributed by atoms with E-state index >= 15 is 0 Å². The summed E-state index contributed by atoms with van der Waals surface area (Å²) in [5.74, 6) is 5.85. The van der Waals surface area contributed by atoms with Gasteiger partial charge in [0.05, 0.1) is 6.07 Å². The molecule has 0 aromatic carbocycles. The number of hydrogen-bond donors (Lipinski definition) is 1. The maximum Gasteiger partial charge on any atom is 0.0656 e. The minimum absolute atomic E-state index is 0.231. The second-order valence-corrected chi connectivity index (χ2v) is 2.94. The Morgan fingerprint density at radius 1 is 1.70 bits per heavy atom. The molecule has 2 N–H and O–H groups in total. The zero-order chi connectivity index (χ0) is 7.56. The number of piperidine rings is 1. The molecule has 0 spiro atoms. The molecule has 0 radical (unpaired) electrons. The van der Waals surface area contributed by atoms with Gasteiger partial charge in [-0.15, -0.1) is 0 Å². The van der Waals surface area contributed by atoms with Crippen molar-refractivity contribution in [2.45, 2.75) is 25.8 Å². The lowest BCUT2D eigenvalue weighted by Gasteiger charge is -2.31. The third-order valence-electron chi connectivity index (χ3n) is 2.11. The van der Waals surface area contributed by atoms with Crippen LogP contribution in [-0.2, 0) is 0 Å². The first kappa shape index (κ1) is 7.52. The fraction of sp³-hybridized carbons (Fsp3) is 0.857. The van der Waals surface area contributed by atoms with Gasteiger partial charge in [-0.3, -0.25) is 5.84 Å². The molecule has 10 heavy (non-hydrogen) atoms. The first-order chi connectivity index (χ1) is 4.74. The van der Waals surface area contributed by atoms with Crippen LogP contribution < -0.4 is 5.84 Å². The summed E-state index contributed by atoms with van der Waals surface area (Å²) in [6, 6.07) is 2.65. The highest BCUT2D eigenvalue weighted by Crippen LogP contribution is 2.18. The number of rotatable bonds is 0. The fourth-order valence-electron chi connectivity index (χ4n) is 1.31. The van der Waals surface area contributed by atoms with E-state index in [1.54, 1.807) is 0 Å². The van der Waals surface area contributed by atoms with Crippen LogP contribution in [-0.4, -0.2) is 17.6 Å². The molecule has 3 nitrogen and oxygen atoms in total. The smallest absolute Gasteiger partial charge is 0.0656 e. The summed E-state index contributed by atoms with van der Waals surface area (Å²) >= 11 is 0. The Balaban J connectivity index is 2.42. The van der Waals surface area contributed by atoms with Crippen molar-refractivity contribution in [2.24, 2.45) is 11.8 Å². The van der Waals surface area contributed by atoms with E-state index in [1.165, 1.54) is 0 Å². The van der Waals surface area contributed by atoms with Gasteiger partial charge in [0.25, 0.3) is 0 Å². The Labute approximate surface area is 61.4 Å². The van der Waals surface area contributed by atoms with E-state index in [0.717, 1.165) is 19.4 Å². The average molecular weight is 139 g/mol. The largest absolute Gasteiger partial charge is 0.269 e. The quantitative estimate of drug-likeness (QED) is 0.497. The lowest BCUT2D eigenvalue weighted by atomic mass is 9.94. The number of hydrazine groups is 1. The van der Waals surface area contributed by atoms with Crippen LogP contribution >= 0.6 is 0 Å². The monoisotopic (exact) mass is 139 g/mol. The summed E-state index contributed by atoms with van der Waals surface area (Å²) in [6.45, 7) is 2.92. The van der Waals surface area contributed by atoms with Crippen LogP contribution in [0.25, 0.3) is 0 Å². The van der Waals surface area contributed by atoms with E-state index in [2.05, 4.69) is 13.0 Å². The molecular weight excluding hydrogens is 126 g/mol. The molecular formula is C7H13N3. The number of hydrogen-bond acceptors (Lipinski definition) is 3. The van der Waals surface area contributed by atoms with Gasteiger partial charge in [0, 0.05) is 18.5 Å². The maximum atomic E-state index is 8.59. The van der Waals surface area contributed by atoms with E-state index in [0.29, 0.717) is 6.04 Å². The van der Waals surface area contributed by atoms with Gasteiger partial charge in [0.2, 0.25) is 0 Å². The van der Waals surface area contributed by atoms with Crippen LogP contribution in [0.4, 0.5) is 0 Å². The zero-order valence-electron chi connectivity index (χ0n) is 6.25. The van der Waals surface area contributed by atoms with Crippen LogP contribution in [0.1, 0.15) is 19.8 Å². The van der Waals surface area contributed by atoms with E-state index in [9.17, 15) is 0 Å². The van der Waals surface area contributed by atoms with Crippen LogP contribution in [0.5, 0.6) is 0 Å². The molecule has 2 unspecified atom stereocenters. The summed E-state index contributed by atoms with van der Waals surface area (Å²) in [6.07, 6.45) is 1.85. The van der Waals surface area contributed by atoms with E-state index in [1.807, 2.05) is 5.01 Å². The number of nitrogens with zero attached hydrogens (tertiary/aromatic N) is 2. The van der Waals surface area contributed by atoms with Crippen LogP contribution in [0.3, 0.4) is 0 Å². The SMILES string of the molecule is CC1CC(C#N)CCN1N. The molecule has 1 saturated heterocycles. The molecule has 1 rings (SSSR count). The molecule has 0 aliphatic carbocycles. The standard InChI is InChI=1S/C7H13N3/c1-6-4-7(5-8)2-3-10(6)9/h6-7H,2-4,9H2,1H3. The predicted molar refractivity (Wildman–Crippen MR) is 38.7 cm³/mol. The maximum absolute atomic E-state index is 8.59. The normalized spacial score (nSPS) is 35.3. The van der Waals surface area contributed by atoms with Crippen molar-refractivity contribution in [3.8, 4) is 6.07 Å². The molecule has 1 aliphatic heterocycles. The van der Waals surface area contributed by atoms with Gasteiger partial charge < -0.3 is 0 Å². The Hall–Kier alpha value is -0.590. The highest BCUT2D eigenvalue weighted by Gasteiger charge is 2.22. The van der Waals surface area contributed by atoms with Gasteiger partial charge in [0.1, 0.15) is 0 Å². The van der Waals surface area contributed by atoms with Gasteiger partial charge in [-0.1, -0.05) is 0 Å². The van der Waals surface area contributed by atoms with Crippen molar-refractivity contribution < 1.29 is 0 Å². The summed E-state index contributed by atoms with van der Waals surface area (Å²) in [7, 11) is 0. The van der Waals surface area contributed by atoms with Crippen molar-refractivity contribution in [3.63, 3.8) is 0 Å². The molecule has 2 atom stereocenters. The number of nitrogens with two attached hydrogens (primary N) is 1. The lowest BCUT2D eigenvalue weighted by molar-refractivity contribution is 0.143. The van der Waals surface area contributed by atoms with Crippen molar-refractivity contribution >= 4 is 0 Å². The molecule has 0 bridgehead atoms. The van der Waals surface area contributed by atoms with E-state index in [-0.39, 0.29) is 5.92 Å². The molecule has 0 aromatic heterocycles. The molecule has 1 fully saturated rings. The van der Waals surface area contributed by atoms with E-state index < -0.39 is 0 Å². The van der Waals surface area contributed by atoms with E-state index in [4.69, 9.17) is 11.1 Å². The van der Waals surface area contributed by atoms with Crippen LogP contribution in [0, 0.1) is 17.2 Å². The highest BCUT2D eigenvalue weighted by atomic mass is 15.4. The van der Waals surface area contributed by atoms with Gasteiger partial charge in [0.15, 0.2) is 0 Å². The molecule has 3 heteroatoms. The third kappa shape index (κ3) is 1.47. The van der Waals surface area contributed by atoms with Gasteiger partial charge >= 0.3 is 0 Å². The summed E-state index contributed by atoms with van der Waals surface area (Å²) in [4.78, 5) is 0. The van der Waals surface area contributed by atoms with Crippen molar-refractivity contribution in [3.05, 3.63) is 0 Å². The minimum atomic E-state index is 0.231. The van der Waals surface area contributed by atoms with Crippen molar-refractivity contribution in [2.75, 3.05) is 6.54 Å². The second kappa shape index (κ2) is 3.00.